The van der Waals surface area contributed by atoms with E-state index in [0.717, 1.165) is 54.7 Å². The monoisotopic (exact) mass is 496 g/mol. The van der Waals surface area contributed by atoms with Gasteiger partial charge in [-0.1, -0.05) is 11.3 Å². The highest BCUT2D eigenvalue weighted by Gasteiger charge is 2.20. The molecule has 0 radical (unpaired) electrons. The summed E-state index contributed by atoms with van der Waals surface area (Å²) in [6.07, 6.45) is 12.6. The van der Waals surface area contributed by atoms with Crippen LogP contribution in [0, 0.1) is 11.3 Å². The number of aromatic nitrogens is 6. The lowest BCUT2D eigenvalue weighted by Gasteiger charge is -2.30. The molecule has 11 heteroatoms. The van der Waals surface area contributed by atoms with Crippen LogP contribution >= 0.6 is 0 Å². The molecule has 1 saturated heterocycles. The summed E-state index contributed by atoms with van der Waals surface area (Å²) >= 11 is 0. The lowest BCUT2D eigenvalue weighted by molar-refractivity contribution is 0.206. The topological polar surface area (TPSA) is 136 Å². The predicted molar refractivity (Wildman–Crippen MR) is 140 cm³/mol. The standard InChI is InChI=1S/C26H28N10O/c1-34-16-21(14-31-34)19-9-23(26-24(11-28)32-33-36(26)17-19)20(10-27)13-29-22-5-7-35(8-6-22)15-18-3-4-25(37-2)30-12-18/h3-4,9-10,12-14,16-17,22H,5-8,15,27H2,1-2H3. The van der Waals surface area contributed by atoms with Gasteiger partial charge < -0.3 is 10.5 Å². The molecule has 0 amide bonds. The number of likely N-dealkylation sites (tertiary alicyclic amines) is 1. The highest BCUT2D eigenvalue weighted by atomic mass is 16.5. The van der Waals surface area contributed by atoms with Gasteiger partial charge in [-0.05, 0) is 24.5 Å². The molecule has 5 rings (SSSR count). The largest absolute Gasteiger partial charge is 0.481 e. The molecule has 0 bridgehead atoms. The van der Waals surface area contributed by atoms with Crippen LogP contribution in [0.25, 0.3) is 22.2 Å². The lowest BCUT2D eigenvalue weighted by atomic mass is 10.0. The number of nitriles is 1. The van der Waals surface area contributed by atoms with Crippen molar-refractivity contribution in [3.63, 3.8) is 0 Å². The Morgan fingerprint density at radius 1 is 1.24 bits per heavy atom. The van der Waals surface area contributed by atoms with E-state index in [1.807, 2.05) is 44.0 Å². The molecule has 1 aliphatic heterocycles. The first-order valence-corrected chi connectivity index (χ1v) is 12.0. The van der Waals surface area contributed by atoms with Gasteiger partial charge in [-0.25, -0.2) is 9.50 Å². The number of allylic oxidation sites excluding steroid dienone is 1. The van der Waals surface area contributed by atoms with Crippen LogP contribution in [0.15, 0.2) is 54.2 Å². The first kappa shape index (κ1) is 24.1. The van der Waals surface area contributed by atoms with Crippen molar-refractivity contribution < 1.29 is 4.74 Å². The van der Waals surface area contributed by atoms with Crippen LogP contribution in [0.4, 0.5) is 0 Å². The number of piperidine rings is 1. The van der Waals surface area contributed by atoms with Crippen molar-refractivity contribution in [2.24, 2.45) is 17.8 Å². The van der Waals surface area contributed by atoms with Gasteiger partial charge in [0.15, 0.2) is 5.69 Å². The summed E-state index contributed by atoms with van der Waals surface area (Å²) in [5.41, 5.74) is 11.3. The number of aryl methyl sites for hydroxylation is 1. The summed E-state index contributed by atoms with van der Waals surface area (Å²) in [6.45, 7) is 2.74. The number of ether oxygens (including phenoxy) is 1. The second kappa shape index (κ2) is 10.6. The first-order valence-electron chi connectivity index (χ1n) is 12.0. The third kappa shape index (κ3) is 5.19. The van der Waals surface area contributed by atoms with Gasteiger partial charge in [0.2, 0.25) is 5.88 Å². The average Bonchev–Trinajstić information content (AvgIpc) is 3.56. The van der Waals surface area contributed by atoms with Crippen LogP contribution < -0.4 is 10.5 Å². The van der Waals surface area contributed by atoms with Gasteiger partial charge in [-0.3, -0.25) is 14.6 Å². The Bertz CT molecular complexity index is 1480. The maximum Gasteiger partial charge on any atom is 0.212 e. The van der Waals surface area contributed by atoms with E-state index in [1.165, 1.54) is 6.20 Å². The number of hydrogen-bond donors (Lipinski definition) is 1. The number of nitrogens with zero attached hydrogens (tertiary/aromatic N) is 9. The molecule has 4 aromatic heterocycles. The number of methoxy groups -OCH3 is 1. The van der Waals surface area contributed by atoms with E-state index in [-0.39, 0.29) is 11.7 Å². The molecule has 4 aromatic rings. The molecule has 0 saturated carbocycles. The summed E-state index contributed by atoms with van der Waals surface area (Å²) in [4.78, 5) is 11.6. The summed E-state index contributed by atoms with van der Waals surface area (Å²) in [7, 11) is 3.48. The van der Waals surface area contributed by atoms with Crippen molar-refractivity contribution >= 4 is 17.3 Å². The molecule has 5 heterocycles. The van der Waals surface area contributed by atoms with Crippen molar-refractivity contribution in [2.75, 3.05) is 20.2 Å². The number of aliphatic imine (C=N–C) groups is 1. The molecule has 188 valence electrons. The normalized spacial score (nSPS) is 15.4. The van der Waals surface area contributed by atoms with Crippen LogP contribution in [0.2, 0.25) is 0 Å². The van der Waals surface area contributed by atoms with Gasteiger partial charge >= 0.3 is 0 Å². The minimum absolute atomic E-state index is 0.191. The fourth-order valence-corrected chi connectivity index (χ4v) is 4.55. The van der Waals surface area contributed by atoms with Gasteiger partial charge in [0.25, 0.3) is 0 Å². The SMILES string of the molecule is COc1ccc(CN2CCC(N=CC(=CN)c3cc(-c4cnn(C)c4)cn4nnc(C#N)c34)CC2)cn1. The van der Waals surface area contributed by atoms with Crippen LogP contribution in [-0.4, -0.2) is 66.9 Å². The van der Waals surface area contributed by atoms with E-state index in [1.54, 1.807) is 22.5 Å². The van der Waals surface area contributed by atoms with E-state index in [9.17, 15) is 5.26 Å². The van der Waals surface area contributed by atoms with Crippen LogP contribution in [0.3, 0.4) is 0 Å². The number of fused-ring (bicyclic) bond motifs is 1. The van der Waals surface area contributed by atoms with E-state index in [0.29, 0.717) is 17.0 Å². The van der Waals surface area contributed by atoms with Crippen LogP contribution in [-0.2, 0) is 13.6 Å². The molecule has 37 heavy (non-hydrogen) atoms. The zero-order valence-corrected chi connectivity index (χ0v) is 20.8. The number of nitrogens with two attached hydrogens (primary N) is 1. The van der Waals surface area contributed by atoms with Crippen LogP contribution in [0.5, 0.6) is 5.88 Å². The predicted octanol–water partition coefficient (Wildman–Crippen LogP) is 2.44. The molecule has 0 aliphatic carbocycles. The van der Waals surface area contributed by atoms with Crippen molar-refractivity contribution in [2.45, 2.75) is 25.4 Å². The Hall–Kier alpha value is -4.56. The number of hydrogen-bond acceptors (Lipinski definition) is 9. The van der Waals surface area contributed by atoms with Gasteiger partial charge in [0.05, 0.1) is 19.3 Å². The molecule has 0 atom stereocenters. The van der Waals surface area contributed by atoms with Gasteiger partial charge in [0, 0.05) is 86.0 Å². The van der Waals surface area contributed by atoms with Gasteiger partial charge in [0.1, 0.15) is 11.6 Å². The maximum absolute atomic E-state index is 9.61. The molecule has 1 fully saturated rings. The quantitative estimate of drug-likeness (QED) is 0.385. The Morgan fingerprint density at radius 3 is 2.73 bits per heavy atom. The molecular formula is C26H28N10O. The minimum atomic E-state index is 0.191. The summed E-state index contributed by atoms with van der Waals surface area (Å²) in [5.74, 6) is 0.623. The molecule has 0 spiro atoms. The maximum atomic E-state index is 9.61. The van der Waals surface area contributed by atoms with Crippen molar-refractivity contribution in [3.05, 3.63) is 66.0 Å². The highest BCUT2D eigenvalue weighted by molar-refractivity contribution is 6.13. The Kier molecular flexibility index (Phi) is 6.91. The fourth-order valence-electron chi connectivity index (χ4n) is 4.55. The lowest BCUT2D eigenvalue weighted by Crippen LogP contribution is -2.34. The second-order valence-corrected chi connectivity index (χ2v) is 9.00. The third-order valence-corrected chi connectivity index (χ3v) is 6.54. The Morgan fingerprint density at radius 2 is 2.08 bits per heavy atom. The molecular weight excluding hydrogens is 468 g/mol. The summed E-state index contributed by atoms with van der Waals surface area (Å²) in [5, 5.41) is 22.1. The number of pyridine rings is 2. The van der Waals surface area contributed by atoms with Crippen molar-refractivity contribution in [1.82, 2.24) is 34.5 Å². The summed E-state index contributed by atoms with van der Waals surface area (Å²) < 4.78 is 8.49. The molecule has 11 nitrogen and oxygen atoms in total. The number of rotatable bonds is 7. The van der Waals surface area contributed by atoms with E-state index >= 15 is 0 Å². The second-order valence-electron chi connectivity index (χ2n) is 9.00. The smallest absolute Gasteiger partial charge is 0.212 e. The molecule has 0 unspecified atom stereocenters. The highest BCUT2D eigenvalue weighted by Crippen LogP contribution is 2.28. The average molecular weight is 497 g/mol. The van der Waals surface area contributed by atoms with E-state index < -0.39 is 0 Å². The molecule has 2 N–H and O–H groups in total. The Labute approximate surface area is 214 Å². The molecule has 1 aliphatic rings. The Balaban J connectivity index is 1.32. The third-order valence-electron chi connectivity index (χ3n) is 6.54. The first-order chi connectivity index (χ1) is 18.1. The van der Waals surface area contributed by atoms with Crippen molar-refractivity contribution in [3.8, 4) is 23.1 Å². The van der Waals surface area contributed by atoms with Crippen LogP contribution in [0.1, 0.15) is 29.7 Å². The zero-order valence-electron chi connectivity index (χ0n) is 20.8. The zero-order chi connectivity index (χ0) is 25.8. The summed E-state index contributed by atoms with van der Waals surface area (Å²) in [6, 6.07) is 8.24. The van der Waals surface area contributed by atoms with E-state index in [2.05, 4.69) is 37.4 Å². The van der Waals surface area contributed by atoms with E-state index in [4.69, 9.17) is 15.5 Å². The fraction of sp³-hybridized carbons (Fsp3) is 0.308. The van der Waals surface area contributed by atoms with Gasteiger partial charge in [-0.15, -0.1) is 5.10 Å². The minimum Gasteiger partial charge on any atom is -0.481 e. The van der Waals surface area contributed by atoms with Crippen molar-refractivity contribution in [1.29, 1.82) is 5.26 Å². The molecule has 0 aromatic carbocycles. The van der Waals surface area contributed by atoms with Gasteiger partial charge in [-0.2, -0.15) is 10.4 Å².